The fourth-order valence-electron chi connectivity index (χ4n) is 3.34. The topological polar surface area (TPSA) is 6.48 Å². The number of likely N-dealkylation sites (tertiary alicyclic amines) is 1. The minimum atomic E-state index is 0.703. The Bertz CT molecular complexity index is 438. The van der Waals surface area contributed by atoms with Crippen molar-refractivity contribution in [2.75, 3.05) is 26.7 Å². The maximum Gasteiger partial charge on any atom is 0.0312 e. The Kier molecular flexibility index (Phi) is 4.00. The van der Waals surface area contributed by atoms with E-state index < -0.39 is 0 Å². The van der Waals surface area contributed by atoms with E-state index in [1.54, 1.807) is 5.57 Å². The van der Waals surface area contributed by atoms with E-state index in [1.807, 2.05) is 0 Å². The van der Waals surface area contributed by atoms with Gasteiger partial charge in [0, 0.05) is 25.7 Å². The van der Waals surface area contributed by atoms with Crippen LogP contribution in [0.1, 0.15) is 24.8 Å². The first kappa shape index (κ1) is 12.9. The lowest BCUT2D eigenvalue weighted by molar-refractivity contribution is 0.256. The van der Waals surface area contributed by atoms with Gasteiger partial charge in [0.2, 0.25) is 0 Å². The van der Waals surface area contributed by atoms with Crippen molar-refractivity contribution >= 4 is 0 Å². The molecule has 0 saturated carbocycles. The van der Waals surface area contributed by atoms with Crippen LogP contribution in [0.25, 0.3) is 0 Å². The third kappa shape index (κ3) is 3.07. The molecule has 19 heavy (non-hydrogen) atoms. The molecule has 1 aromatic carbocycles. The Hall–Kier alpha value is -1.12. The van der Waals surface area contributed by atoms with Gasteiger partial charge in [-0.15, -0.1) is 0 Å². The molecule has 0 unspecified atom stereocenters. The summed E-state index contributed by atoms with van der Waals surface area (Å²) in [6.07, 6.45) is 6.43. The molecule has 3 rings (SSSR count). The molecule has 2 heteroatoms. The first-order valence-corrected chi connectivity index (χ1v) is 7.48. The standard InChI is InChI=1S/C17H24N2/c1-18-12-9-16(10-13-18)17-8-5-11-19(17)14-15-6-3-2-4-7-15/h2-4,6-7,9,17H,5,8,10-14H2,1H3/t17-/m0/s1. The van der Waals surface area contributed by atoms with E-state index in [1.165, 1.54) is 37.9 Å². The third-order valence-electron chi connectivity index (χ3n) is 4.47. The van der Waals surface area contributed by atoms with Gasteiger partial charge in [-0.25, -0.2) is 0 Å². The normalized spacial score (nSPS) is 25.5. The predicted molar refractivity (Wildman–Crippen MR) is 80.1 cm³/mol. The SMILES string of the molecule is CN1CC=C([C@@H]2CCCN2Cc2ccccc2)CC1. The van der Waals surface area contributed by atoms with Crippen molar-refractivity contribution in [1.29, 1.82) is 0 Å². The molecule has 0 N–H and O–H groups in total. The molecule has 0 radical (unpaired) electrons. The smallest absolute Gasteiger partial charge is 0.0312 e. The molecule has 0 amide bonds. The minimum absolute atomic E-state index is 0.703. The second-order valence-electron chi connectivity index (χ2n) is 5.91. The summed E-state index contributed by atoms with van der Waals surface area (Å²) in [4.78, 5) is 5.08. The van der Waals surface area contributed by atoms with Crippen molar-refractivity contribution in [2.24, 2.45) is 0 Å². The van der Waals surface area contributed by atoms with E-state index >= 15 is 0 Å². The highest BCUT2D eigenvalue weighted by molar-refractivity contribution is 5.19. The highest BCUT2D eigenvalue weighted by Crippen LogP contribution is 2.28. The molecule has 0 aromatic heterocycles. The third-order valence-corrected chi connectivity index (χ3v) is 4.47. The lowest BCUT2D eigenvalue weighted by atomic mass is 9.98. The molecular weight excluding hydrogens is 232 g/mol. The Morgan fingerprint density at radius 2 is 2.00 bits per heavy atom. The molecule has 102 valence electrons. The summed E-state index contributed by atoms with van der Waals surface area (Å²) < 4.78 is 0. The Morgan fingerprint density at radius 1 is 1.16 bits per heavy atom. The van der Waals surface area contributed by atoms with Crippen molar-refractivity contribution in [3.8, 4) is 0 Å². The zero-order chi connectivity index (χ0) is 13.1. The quantitative estimate of drug-likeness (QED) is 0.767. The summed E-state index contributed by atoms with van der Waals surface area (Å²) in [5.74, 6) is 0. The van der Waals surface area contributed by atoms with Crippen molar-refractivity contribution < 1.29 is 0 Å². The highest BCUT2D eigenvalue weighted by atomic mass is 15.2. The fourth-order valence-corrected chi connectivity index (χ4v) is 3.34. The number of rotatable bonds is 3. The first-order valence-electron chi connectivity index (χ1n) is 7.48. The van der Waals surface area contributed by atoms with Crippen LogP contribution in [0.5, 0.6) is 0 Å². The van der Waals surface area contributed by atoms with Crippen molar-refractivity contribution in [3.05, 3.63) is 47.5 Å². The van der Waals surface area contributed by atoms with Gasteiger partial charge in [-0.2, -0.15) is 0 Å². The van der Waals surface area contributed by atoms with Crippen LogP contribution in [0.4, 0.5) is 0 Å². The number of hydrogen-bond acceptors (Lipinski definition) is 2. The number of likely N-dealkylation sites (N-methyl/N-ethyl adjacent to an activating group) is 1. The van der Waals surface area contributed by atoms with Gasteiger partial charge >= 0.3 is 0 Å². The Morgan fingerprint density at radius 3 is 2.74 bits per heavy atom. The van der Waals surface area contributed by atoms with Crippen LogP contribution >= 0.6 is 0 Å². The summed E-state index contributed by atoms with van der Waals surface area (Å²) in [6.45, 7) is 4.72. The van der Waals surface area contributed by atoms with Gasteiger partial charge in [0.25, 0.3) is 0 Å². The van der Waals surface area contributed by atoms with Crippen LogP contribution in [0.3, 0.4) is 0 Å². The number of nitrogens with zero attached hydrogens (tertiary/aromatic N) is 2. The molecule has 1 atom stereocenters. The van der Waals surface area contributed by atoms with E-state index in [0.29, 0.717) is 6.04 Å². The molecule has 0 bridgehead atoms. The molecule has 1 saturated heterocycles. The summed E-state index contributed by atoms with van der Waals surface area (Å²) >= 11 is 0. The van der Waals surface area contributed by atoms with E-state index in [9.17, 15) is 0 Å². The van der Waals surface area contributed by atoms with Gasteiger partial charge in [-0.3, -0.25) is 4.90 Å². The Labute approximate surface area is 116 Å². The maximum absolute atomic E-state index is 2.67. The molecule has 1 fully saturated rings. The lowest BCUT2D eigenvalue weighted by Crippen LogP contribution is -2.34. The van der Waals surface area contributed by atoms with Gasteiger partial charge in [-0.1, -0.05) is 42.0 Å². The van der Waals surface area contributed by atoms with E-state index in [-0.39, 0.29) is 0 Å². The summed E-state index contributed by atoms with van der Waals surface area (Å²) in [6, 6.07) is 11.6. The molecule has 2 nitrogen and oxygen atoms in total. The molecule has 0 aliphatic carbocycles. The summed E-state index contributed by atoms with van der Waals surface area (Å²) in [5.41, 5.74) is 3.13. The zero-order valence-corrected chi connectivity index (χ0v) is 11.9. The second kappa shape index (κ2) is 5.89. The molecule has 2 aliphatic rings. The van der Waals surface area contributed by atoms with E-state index in [2.05, 4.69) is 53.3 Å². The van der Waals surface area contributed by atoms with Gasteiger partial charge in [0.05, 0.1) is 0 Å². The predicted octanol–water partition coefficient (Wildman–Crippen LogP) is 2.91. The average Bonchev–Trinajstić information content (AvgIpc) is 2.89. The monoisotopic (exact) mass is 256 g/mol. The van der Waals surface area contributed by atoms with Gasteiger partial charge in [0.1, 0.15) is 0 Å². The van der Waals surface area contributed by atoms with Crippen molar-refractivity contribution in [3.63, 3.8) is 0 Å². The molecule has 2 heterocycles. The van der Waals surface area contributed by atoms with E-state index in [0.717, 1.165) is 13.1 Å². The lowest BCUT2D eigenvalue weighted by Gasteiger charge is -2.31. The van der Waals surface area contributed by atoms with Gasteiger partial charge in [0.15, 0.2) is 0 Å². The molecule has 0 spiro atoms. The van der Waals surface area contributed by atoms with Crippen LogP contribution in [0, 0.1) is 0 Å². The van der Waals surface area contributed by atoms with E-state index in [4.69, 9.17) is 0 Å². The summed E-state index contributed by atoms with van der Waals surface area (Å²) in [5, 5.41) is 0. The molecule has 1 aromatic rings. The first-order chi connectivity index (χ1) is 9.33. The van der Waals surface area contributed by atoms with Crippen LogP contribution in [0.2, 0.25) is 0 Å². The fraction of sp³-hybridized carbons (Fsp3) is 0.529. The molecular formula is C17H24N2. The largest absolute Gasteiger partial charge is 0.302 e. The van der Waals surface area contributed by atoms with Crippen LogP contribution in [-0.2, 0) is 6.54 Å². The van der Waals surface area contributed by atoms with Crippen LogP contribution in [0.15, 0.2) is 42.0 Å². The second-order valence-corrected chi connectivity index (χ2v) is 5.91. The van der Waals surface area contributed by atoms with Crippen LogP contribution < -0.4 is 0 Å². The zero-order valence-electron chi connectivity index (χ0n) is 11.9. The van der Waals surface area contributed by atoms with Gasteiger partial charge < -0.3 is 4.90 Å². The van der Waals surface area contributed by atoms with Crippen LogP contribution in [-0.4, -0.2) is 42.5 Å². The van der Waals surface area contributed by atoms with Gasteiger partial charge in [-0.05, 0) is 38.4 Å². The number of benzene rings is 1. The minimum Gasteiger partial charge on any atom is -0.302 e. The van der Waals surface area contributed by atoms with Crippen molar-refractivity contribution in [1.82, 2.24) is 9.80 Å². The maximum atomic E-state index is 2.67. The highest BCUT2D eigenvalue weighted by Gasteiger charge is 2.28. The number of hydrogen-bond donors (Lipinski definition) is 0. The van der Waals surface area contributed by atoms with Crippen molar-refractivity contribution in [2.45, 2.75) is 31.8 Å². The molecule has 2 aliphatic heterocycles. The Balaban J connectivity index is 1.68. The summed E-state index contributed by atoms with van der Waals surface area (Å²) in [7, 11) is 2.21. The average molecular weight is 256 g/mol.